The van der Waals surface area contributed by atoms with Crippen molar-refractivity contribution in [3.8, 4) is 11.3 Å². The van der Waals surface area contributed by atoms with Crippen molar-refractivity contribution < 1.29 is 4.39 Å². The zero-order valence-corrected chi connectivity index (χ0v) is 9.33. The van der Waals surface area contributed by atoms with Crippen molar-refractivity contribution >= 4 is 16.3 Å². The van der Waals surface area contributed by atoms with Gasteiger partial charge in [-0.05, 0) is 19.1 Å². The first kappa shape index (κ1) is 9.47. The summed E-state index contributed by atoms with van der Waals surface area (Å²) in [7, 11) is 0. The number of hydrogen-bond acceptors (Lipinski definition) is 3. The van der Waals surface area contributed by atoms with Crippen LogP contribution >= 0.6 is 11.3 Å². The molecule has 0 aliphatic carbocycles. The summed E-state index contributed by atoms with van der Waals surface area (Å²) in [4.78, 5) is 5.27. The van der Waals surface area contributed by atoms with Crippen molar-refractivity contribution in [2.75, 3.05) is 0 Å². The average molecular weight is 233 g/mol. The van der Waals surface area contributed by atoms with Gasteiger partial charge in [-0.25, -0.2) is 13.9 Å². The molecule has 3 rings (SSSR count). The third-order valence-corrected chi connectivity index (χ3v) is 3.14. The highest BCUT2D eigenvalue weighted by molar-refractivity contribution is 7.14. The fraction of sp³-hybridized carbons (Fsp3) is 0.0909. The van der Waals surface area contributed by atoms with Gasteiger partial charge in [0.2, 0.25) is 4.96 Å². The molecule has 0 aliphatic heterocycles. The Labute approximate surface area is 95.2 Å². The summed E-state index contributed by atoms with van der Waals surface area (Å²) in [6.45, 7) is 1.93. The van der Waals surface area contributed by atoms with Crippen LogP contribution in [-0.4, -0.2) is 14.6 Å². The van der Waals surface area contributed by atoms with E-state index in [1.54, 1.807) is 16.1 Å². The molecule has 16 heavy (non-hydrogen) atoms. The Balaban J connectivity index is 2.25. The zero-order chi connectivity index (χ0) is 11.1. The van der Waals surface area contributed by atoms with Crippen LogP contribution in [0.4, 0.5) is 4.39 Å². The lowest BCUT2D eigenvalue weighted by atomic mass is 10.1. The van der Waals surface area contributed by atoms with Crippen molar-refractivity contribution in [2.24, 2.45) is 0 Å². The van der Waals surface area contributed by atoms with Gasteiger partial charge in [-0.2, -0.15) is 5.10 Å². The van der Waals surface area contributed by atoms with Crippen LogP contribution in [0.1, 0.15) is 5.69 Å². The molecule has 0 radical (unpaired) electrons. The van der Waals surface area contributed by atoms with E-state index < -0.39 is 0 Å². The van der Waals surface area contributed by atoms with E-state index in [0.717, 1.165) is 21.9 Å². The Kier molecular flexibility index (Phi) is 2.00. The Bertz CT molecular complexity index is 656. The number of imidazole rings is 1. The van der Waals surface area contributed by atoms with Crippen molar-refractivity contribution in [1.29, 1.82) is 0 Å². The van der Waals surface area contributed by atoms with Crippen LogP contribution in [0.3, 0.4) is 0 Å². The number of halogens is 1. The summed E-state index contributed by atoms with van der Waals surface area (Å²) in [5, 5.41) is 4.17. The normalized spacial score (nSPS) is 11.1. The van der Waals surface area contributed by atoms with Gasteiger partial charge in [0.25, 0.3) is 0 Å². The number of benzene rings is 1. The van der Waals surface area contributed by atoms with Crippen LogP contribution < -0.4 is 0 Å². The standard InChI is InChI=1S/C11H8FN3S/c1-7-10(8-3-2-4-9(12)5-8)14-11-15(7)13-6-16-11/h2-6H,1H3. The molecule has 1 aromatic carbocycles. The van der Waals surface area contributed by atoms with Crippen molar-refractivity contribution in [1.82, 2.24) is 14.6 Å². The second-order valence-electron chi connectivity index (χ2n) is 3.49. The summed E-state index contributed by atoms with van der Waals surface area (Å²) in [5.41, 5.74) is 4.25. The molecule has 0 fully saturated rings. The number of fused-ring (bicyclic) bond motifs is 1. The van der Waals surface area contributed by atoms with Gasteiger partial charge in [0.05, 0.1) is 11.4 Å². The van der Waals surface area contributed by atoms with Crippen molar-refractivity contribution in [3.05, 3.63) is 41.3 Å². The monoisotopic (exact) mass is 233 g/mol. The molecule has 0 bridgehead atoms. The second-order valence-corrected chi connectivity index (χ2v) is 4.30. The molecule has 0 spiro atoms. The highest BCUT2D eigenvalue weighted by Gasteiger charge is 2.12. The van der Waals surface area contributed by atoms with Crippen molar-refractivity contribution in [2.45, 2.75) is 6.92 Å². The molecule has 3 aromatic rings. The third-order valence-electron chi connectivity index (χ3n) is 2.47. The Morgan fingerprint density at radius 3 is 3.00 bits per heavy atom. The first-order valence-electron chi connectivity index (χ1n) is 4.80. The zero-order valence-electron chi connectivity index (χ0n) is 8.51. The van der Waals surface area contributed by atoms with E-state index in [4.69, 9.17) is 0 Å². The van der Waals surface area contributed by atoms with E-state index in [2.05, 4.69) is 10.1 Å². The molecule has 5 heteroatoms. The van der Waals surface area contributed by atoms with Crippen LogP contribution in [0, 0.1) is 12.7 Å². The van der Waals surface area contributed by atoms with Gasteiger partial charge in [-0.1, -0.05) is 23.5 Å². The SMILES string of the molecule is Cc1c(-c2cccc(F)c2)nc2scnn12. The highest BCUT2D eigenvalue weighted by atomic mass is 32.1. The summed E-state index contributed by atoms with van der Waals surface area (Å²) in [5.74, 6) is -0.249. The molecule has 0 aliphatic rings. The summed E-state index contributed by atoms with van der Waals surface area (Å²) in [6, 6.07) is 6.45. The molecule has 2 aromatic heterocycles. The van der Waals surface area contributed by atoms with Gasteiger partial charge in [0.15, 0.2) is 0 Å². The van der Waals surface area contributed by atoms with E-state index in [1.807, 2.05) is 13.0 Å². The van der Waals surface area contributed by atoms with Crippen LogP contribution in [0.15, 0.2) is 29.8 Å². The average Bonchev–Trinajstić information content (AvgIpc) is 2.82. The summed E-state index contributed by atoms with van der Waals surface area (Å²) >= 11 is 1.47. The number of aromatic nitrogens is 3. The fourth-order valence-electron chi connectivity index (χ4n) is 1.71. The fourth-order valence-corrected chi connectivity index (χ4v) is 2.37. The van der Waals surface area contributed by atoms with Gasteiger partial charge in [0.1, 0.15) is 11.3 Å². The van der Waals surface area contributed by atoms with Crippen LogP contribution in [0.2, 0.25) is 0 Å². The molecule has 0 amide bonds. The number of rotatable bonds is 1. The molecule has 0 N–H and O–H groups in total. The first-order valence-corrected chi connectivity index (χ1v) is 5.68. The van der Waals surface area contributed by atoms with E-state index in [0.29, 0.717) is 0 Å². The van der Waals surface area contributed by atoms with Crippen LogP contribution in [0.25, 0.3) is 16.2 Å². The van der Waals surface area contributed by atoms with Gasteiger partial charge >= 0.3 is 0 Å². The van der Waals surface area contributed by atoms with E-state index in [1.165, 1.54) is 23.5 Å². The predicted molar refractivity (Wildman–Crippen MR) is 61.0 cm³/mol. The molecule has 80 valence electrons. The maximum absolute atomic E-state index is 13.1. The number of hydrogen-bond donors (Lipinski definition) is 0. The molecule has 0 atom stereocenters. The maximum atomic E-state index is 13.1. The summed E-state index contributed by atoms with van der Waals surface area (Å²) < 4.78 is 14.9. The number of nitrogens with zero attached hydrogens (tertiary/aromatic N) is 3. The van der Waals surface area contributed by atoms with E-state index >= 15 is 0 Å². The minimum Gasteiger partial charge on any atom is -0.217 e. The third kappa shape index (κ3) is 1.32. The Morgan fingerprint density at radius 1 is 1.38 bits per heavy atom. The number of aryl methyl sites for hydroxylation is 1. The largest absolute Gasteiger partial charge is 0.217 e. The quantitative estimate of drug-likeness (QED) is 0.647. The second kappa shape index (κ2) is 3.38. The lowest BCUT2D eigenvalue weighted by Crippen LogP contribution is -1.88. The van der Waals surface area contributed by atoms with Crippen LogP contribution in [-0.2, 0) is 0 Å². The topological polar surface area (TPSA) is 30.2 Å². The molecule has 0 saturated heterocycles. The minimum atomic E-state index is -0.249. The summed E-state index contributed by atoms with van der Waals surface area (Å²) in [6.07, 6.45) is 0. The lowest BCUT2D eigenvalue weighted by molar-refractivity contribution is 0.628. The van der Waals surface area contributed by atoms with Gasteiger partial charge in [0, 0.05) is 5.56 Å². The Hall–Kier alpha value is -1.75. The molecule has 0 unspecified atom stereocenters. The minimum absolute atomic E-state index is 0.249. The molecule has 3 nitrogen and oxygen atoms in total. The maximum Gasteiger partial charge on any atom is 0.212 e. The molecular weight excluding hydrogens is 225 g/mol. The predicted octanol–water partition coefficient (Wildman–Crippen LogP) is 2.91. The lowest BCUT2D eigenvalue weighted by Gasteiger charge is -1.98. The van der Waals surface area contributed by atoms with Gasteiger partial charge < -0.3 is 0 Å². The van der Waals surface area contributed by atoms with Gasteiger partial charge in [-0.15, -0.1) is 0 Å². The first-order chi connectivity index (χ1) is 7.75. The molecule has 0 saturated carbocycles. The van der Waals surface area contributed by atoms with Crippen molar-refractivity contribution in [3.63, 3.8) is 0 Å². The van der Waals surface area contributed by atoms with E-state index in [9.17, 15) is 4.39 Å². The Morgan fingerprint density at radius 2 is 2.25 bits per heavy atom. The smallest absolute Gasteiger partial charge is 0.212 e. The molecular formula is C11H8FN3S. The highest BCUT2D eigenvalue weighted by Crippen LogP contribution is 2.25. The molecule has 2 heterocycles. The van der Waals surface area contributed by atoms with Crippen LogP contribution in [0.5, 0.6) is 0 Å². The van der Waals surface area contributed by atoms with Gasteiger partial charge in [-0.3, -0.25) is 0 Å². The van der Waals surface area contributed by atoms with E-state index in [-0.39, 0.29) is 5.82 Å².